The first-order chi connectivity index (χ1) is 8.01. The molecule has 0 bridgehead atoms. The summed E-state index contributed by atoms with van der Waals surface area (Å²) in [7, 11) is 0. The summed E-state index contributed by atoms with van der Waals surface area (Å²) in [5.74, 6) is 0.743. The van der Waals surface area contributed by atoms with Crippen LogP contribution in [0.1, 0.15) is 27.2 Å². The van der Waals surface area contributed by atoms with E-state index in [1.807, 2.05) is 0 Å². The summed E-state index contributed by atoms with van der Waals surface area (Å²) in [6.45, 7) is 13.9. The molecule has 0 aromatic carbocycles. The van der Waals surface area contributed by atoms with Crippen LogP contribution in [0, 0.1) is 0 Å². The molecule has 0 spiro atoms. The highest BCUT2D eigenvalue weighted by atomic mass is 35.5. The lowest BCUT2D eigenvalue weighted by Crippen LogP contribution is -2.34. The van der Waals surface area contributed by atoms with Crippen molar-refractivity contribution in [3.05, 3.63) is 0 Å². The largest absolute Gasteiger partial charge is 0.375 e. The number of ether oxygens (including phenoxy) is 1. The molecule has 1 fully saturated rings. The zero-order valence-electron chi connectivity index (χ0n) is 11.5. The number of nitrogens with zero attached hydrogens (tertiary/aromatic N) is 2. The molecule has 0 radical (unpaired) electrons. The van der Waals surface area contributed by atoms with Gasteiger partial charge in [-0.2, -0.15) is 0 Å². The van der Waals surface area contributed by atoms with Crippen molar-refractivity contribution in [1.29, 1.82) is 0 Å². The summed E-state index contributed by atoms with van der Waals surface area (Å²) in [5.41, 5.74) is -0.0174. The van der Waals surface area contributed by atoms with Crippen LogP contribution in [0.2, 0.25) is 0 Å². The molecular weight excluding hydrogens is 236 g/mol. The maximum atomic E-state index is 5.78. The second-order valence-electron chi connectivity index (χ2n) is 5.69. The zero-order chi connectivity index (χ0) is 12.7. The fourth-order valence-corrected chi connectivity index (χ4v) is 2.31. The van der Waals surface area contributed by atoms with Crippen molar-refractivity contribution in [2.24, 2.45) is 0 Å². The van der Waals surface area contributed by atoms with Gasteiger partial charge in [-0.15, -0.1) is 11.6 Å². The van der Waals surface area contributed by atoms with Gasteiger partial charge >= 0.3 is 0 Å². The van der Waals surface area contributed by atoms with Crippen LogP contribution in [0.4, 0.5) is 0 Å². The standard InChI is InChI=1S/C13H27ClN2O/c1-13(2,3)17-12-11-16-7-4-6-15(8-5-14)9-10-16/h4-12H2,1-3H3. The summed E-state index contributed by atoms with van der Waals surface area (Å²) < 4.78 is 5.77. The van der Waals surface area contributed by atoms with Crippen molar-refractivity contribution in [3.63, 3.8) is 0 Å². The predicted molar refractivity (Wildman–Crippen MR) is 73.9 cm³/mol. The Morgan fingerprint density at radius 1 is 1.00 bits per heavy atom. The zero-order valence-corrected chi connectivity index (χ0v) is 12.3. The molecule has 1 rings (SSSR count). The third kappa shape index (κ3) is 7.24. The van der Waals surface area contributed by atoms with Gasteiger partial charge < -0.3 is 9.64 Å². The molecule has 3 nitrogen and oxygen atoms in total. The molecule has 0 N–H and O–H groups in total. The smallest absolute Gasteiger partial charge is 0.0600 e. The second-order valence-corrected chi connectivity index (χ2v) is 6.06. The van der Waals surface area contributed by atoms with Crippen molar-refractivity contribution >= 4 is 11.6 Å². The number of alkyl halides is 1. The first kappa shape index (κ1) is 15.2. The Labute approximate surface area is 111 Å². The van der Waals surface area contributed by atoms with Gasteiger partial charge in [0.05, 0.1) is 12.2 Å². The summed E-state index contributed by atoms with van der Waals surface area (Å²) in [5, 5.41) is 0. The maximum Gasteiger partial charge on any atom is 0.0600 e. The molecule has 4 heteroatoms. The van der Waals surface area contributed by atoms with Crippen molar-refractivity contribution < 1.29 is 4.74 Å². The summed E-state index contributed by atoms with van der Waals surface area (Å²) >= 11 is 5.78. The molecule has 17 heavy (non-hydrogen) atoms. The lowest BCUT2D eigenvalue weighted by molar-refractivity contribution is -0.0126. The lowest BCUT2D eigenvalue weighted by atomic mass is 10.2. The lowest BCUT2D eigenvalue weighted by Gasteiger charge is -2.24. The molecular formula is C13H27ClN2O. The van der Waals surface area contributed by atoms with E-state index in [1.54, 1.807) is 0 Å². The highest BCUT2D eigenvalue weighted by molar-refractivity contribution is 6.18. The van der Waals surface area contributed by atoms with Gasteiger partial charge in [0.25, 0.3) is 0 Å². The number of halogens is 1. The van der Waals surface area contributed by atoms with Crippen LogP contribution in [-0.4, -0.2) is 67.2 Å². The highest BCUT2D eigenvalue weighted by Gasteiger charge is 2.15. The SMILES string of the molecule is CC(C)(C)OCCN1CCCN(CCCl)CC1. The Kier molecular flexibility index (Phi) is 6.78. The topological polar surface area (TPSA) is 15.7 Å². The Balaban J connectivity index is 2.18. The molecule has 1 aliphatic heterocycles. The Bertz CT molecular complexity index is 206. The summed E-state index contributed by atoms with van der Waals surface area (Å²) in [4.78, 5) is 4.96. The minimum atomic E-state index is -0.0174. The van der Waals surface area contributed by atoms with Crippen molar-refractivity contribution in [1.82, 2.24) is 9.80 Å². The Morgan fingerprint density at radius 3 is 2.12 bits per heavy atom. The fourth-order valence-electron chi connectivity index (χ4n) is 2.07. The average Bonchev–Trinajstić information content (AvgIpc) is 2.43. The molecule has 102 valence electrons. The first-order valence-corrected chi connectivity index (χ1v) is 7.19. The van der Waals surface area contributed by atoms with Crippen LogP contribution in [-0.2, 0) is 4.74 Å². The monoisotopic (exact) mass is 262 g/mol. The quantitative estimate of drug-likeness (QED) is 0.706. The molecule has 0 amide bonds. The van der Waals surface area contributed by atoms with Crippen LogP contribution in [0.25, 0.3) is 0 Å². The van der Waals surface area contributed by atoms with E-state index in [-0.39, 0.29) is 5.60 Å². The maximum absolute atomic E-state index is 5.78. The van der Waals surface area contributed by atoms with Gasteiger partial charge in [-0.25, -0.2) is 0 Å². The highest BCUT2D eigenvalue weighted by Crippen LogP contribution is 2.07. The molecule has 0 aromatic rings. The van der Waals surface area contributed by atoms with Gasteiger partial charge in [-0.05, 0) is 40.3 Å². The first-order valence-electron chi connectivity index (χ1n) is 6.66. The predicted octanol–water partition coefficient (Wildman–Crippen LogP) is 2.05. The minimum absolute atomic E-state index is 0.0174. The average molecular weight is 263 g/mol. The molecule has 0 atom stereocenters. The molecule has 1 saturated heterocycles. The number of hydrogen-bond donors (Lipinski definition) is 0. The molecule has 0 saturated carbocycles. The Hall–Kier alpha value is 0.170. The van der Waals surface area contributed by atoms with Gasteiger partial charge in [-0.1, -0.05) is 0 Å². The minimum Gasteiger partial charge on any atom is -0.375 e. The van der Waals surface area contributed by atoms with Gasteiger partial charge in [0.1, 0.15) is 0 Å². The van der Waals surface area contributed by atoms with Crippen molar-refractivity contribution in [2.45, 2.75) is 32.8 Å². The van der Waals surface area contributed by atoms with E-state index in [1.165, 1.54) is 19.5 Å². The molecule has 1 heterocycles. The van der Waals surface area contributed by atoms with Crippen LogP contribution in [0.3, 0.4) is 0 Å². The number of hydrogen-bond acceptors (Lipinski definition) is 3. The van der Waals surface area contributed by atoms with E-state index < -0.39 is 0 Å². The second kappa shape index (κ2) is 7.57. The third-order valence-electron chi connectivity index (χ3n) is 3.02. The van der Waals surface area contributed by atoms with Gasteiger partial charge in [0.15, 0.2) is 0 Å². The fraction of sp³-hybridized carbons (Fsp3) is 1.00. The molecule has 0 aliphatic carbocycles. The van der Waals surface area contributed by atoms with Gasteiger partial charge in [-0.3, -0.25) is 4.90 Å². The summed E-state index contributed by atoms with van der Waals surface area (Å²) in [6, 6.07) is 0. The normalized spacial score (nSPS) is 20.5. The molecule has 0 unspecified atom stereocenters. The van der Waals surface area contributed by atoms with Crippen LogP contribution >= 0.6 is 11.6 Å². The van der Waals surface area contributed by atoms with Crippen LogP contribution in [0.15, 0.2) is 0 Å². The molecule has 1 aliphatic rings. The van der Waals surface area contributed by atoms with Crippen LogP contribution in [0.5, 0.6) is 0 Å². The van der Waals surface area contributed by atoms with Gasteiger partial charge in [0.2, 0.25) is 0 Å². The number of rotatable bonds is 5. The van der Waals surface area contributed by atoms with E-state index in [4.69, 9.17) is 16.3 Å². The van der Waals surface area contributed by atoms with Crippen molar-refractivity contribution in [2.75, 3.05) is 51.8 Å². The van der Waals surface area contributed by atoms with Gasteiger partial charge in [0, 0.05) is 32.1 Å². The molecule has 0 aromatic heterocycles. The van der Waals surface area contributed by atoms with E-state index in [0.29, 0.717) is 0 Å². The van der Waals surface area contributed by atoms with Crippen molar-refractivity contribution in [3.8, 4) is 0 Å². The van der Waals surface area contributed by atoms with E-state index in [0.717, 1.165) is 38.7 Å². The summed E-state index contributed by atoms with van der Waals surface area (Å²) in [6.07, 6.45) is 1.24. The van der Waals surface area contributed by atoms with E-state index >= 15 is 0 Å². The third-order valence-corrected chi connectivity index (χ3v) is 3.19. The van der Waals surface area contributed by atoms with Crippen LogP contribution < -0.4 is 0 Å². The van der Waals surface area contributed by atoms with E-state index in [9.17, 15) is 0 Å². The van der Waals surface area contributed by atoms with E-state index in [2.05, 4.69) is 30.6 Å². The Morgan fingerprint density at radius 2 is 1.59 bits per heavy atom.